The number of nitriles is 1. The number of aromatic nitrogens is 1. The van der Waals surface area contributed by atoms with E-state index in [1.807, 2.05) is 0 Å². The third kappa shape index (κ3) is 5.70. The molecule has 0 bridgehead atoms. The molecular weight excluding hydrogens is 442 g/mol. The summed E-state index contributed by atoms with van der Waals surface area (Å²) in [6.07, 6.45) is -4.81. The molecule has 0 N–H and O–H groups in total. The number of halogens is 6. The minimum absolute atomic E-state index is 0.0865. The highest BCUT2D eigenvalue weighted by Gasteiger charge is 2.36. The standard InChI is InChI=1S/C21H12F6N2OS/c22-14-5-1-12(2-6-14)11-31-19-16(10-28)17(21(25,26)27)9-18(29-19)13-3-7-15(8-4-13)30-20(23)24/h1-9,20H,11H2. The van der Waals surface area contributed by atoms with Gasteiger partial charge >= 0.3 is 12.8 Å². The van der Waals surface area contributed by atoms with Crippen LogP contribution in [0.3, 0.4) is 0 Å². The molecule has 2 aromatic carbocycles. The van der Waals surface area contributed by atoms with Crippen molar-refractivity contribution in [1.82, 2.24) is 4.98 Å². The topological polar surface area (TPSA) is 45.9 Å². The smallest absolute Gasteiger partial charge is 0.417 e. The molecule has 0 radical (unpaired) electrons. The van der Waals surface area contributed by atoms with Gasteiger partial charge in [0, 0.05) is 11.3 Å². The van der Waals surface area contributed by atoms with Gasteiger partial charge in [0.25, 0.3) is 0 Å². The Bertz CT molecular complexity index is 1090. The zero-order valence-electron chi connectivity index (χ0n) is 15.5. The quantitative estimate of drug-likeness (QED) is 0.308. The summed E-state index contributed by atoms with van der Waals surface area (Å²) in [7, 11) is 0. The van der Waals surface area contributed by atoms with Crippen molar-refractivity contribution in [2.75, 3.05) is 0 Å². The van der Waals surface area contributed by atoms with Crippen molar-refractivity contribution in [1.29, 1.82) is 5.26 Å². The molecule has 0 unspecified atom stereocenters. The number of nitrogens with zero attached hydrogens (tertiary/aromatic N) is 2. The monoisotopic (exact) mass is 454 g/mol. The molecule has 0 fully saturated rings. The number of hydrogen-bond acceptors (Lipinski definition) is 4. The maximum absolute atomic E-state index is 13.6. The number of benzene rings is 2. The summed E-state index contributed by atoms with van der Waals surface area (Å²) in [5.41, 5.74) is -1.02. The second-order valence-electron chi connectivity index (χ2n) is 6.16. The molecule has 0 spiro atoms. The molecule has 3 nitrogen and oxygen atoms in total. The summed E-state index contributed by atoms with van der Waals surface area (Å²) in [4.78, 5) is 4.19. The van der Waals surface area contributed by atoms with Gasteiger partial charge in [-0.15, -0.1) is 11.8 Å². The summed E-state index contributed by atoms with van der Waals surface area (Å²) < 4.78 is 82.7. The number of ether oxygens (including phenoxy) is 1. The van der Waals surface area contributed by atoms with Crippen LogP contribution in [-0.2, 0) is 11.9 Å². The lowest BCUT2D eigenvalue weighted by Gasteiger charge is -2.14. The summed E-state index contributed by atoms with van der Waals surface area (Å²) in [6, 6.07) is 12.6. The highest BCUT2D eigenvalue weighted by molar-refractivity contribution is 7.98. The fourth-order valence-corrected chi connectivity index (χ4v) is 3.60. The summed E-state index contributed by atoms with van der Waals surface area (Å²) in [5, 5.41) is 9.19. The Labute approximate surface area is 177 Å². The van der Waals surface area contributed by atoms with Crippen LogP contribution in [0.25, 0.3) is 11.3 Å². The Kier molecular flexibility index (Phi) is 6.75. The number of pyridine rings is 1. The van der Waals surface area contributed by atoms with Crippen molar-refractivity contribution in [2.24, 2.45) is 0 Å². The third-order valence-corrected chi connectivity index (χ3v) is 5.11. The lowest BCUT2D eigenvalue weighted by Crippen LogP contribution is -2.10. The van der Waals surface area contributed by atoms with Crippen LogP contribution >= 0.6 is 11.8 Å². The van der Waals surface area contributed by atoms with Crippen molar-refractivity contribution in [3.63, 3.8) is 0 Å². The van der Waals surface area contributed by atoms with Crippen molar-refractivity contribution in [3.8, 4) is 23.1 Å². The maximum atomic E-state index is 13.6. The minimum atomic E-state index is -4.81. The summed E-state index contributed by atoms with van der Waals surface area (Å²) >= 11 is 0.901. The Morgan fingerprint density at radius 1 is 1.03 bits per heavy atom. The van der Waals surface area contributed by atoms with Gasteiger partial charge in [-0.3, -0.25) is 0 Å². The van der Waals surface area contributed by atoms with Crippen LogP contribution in [0.15, 0.2) is 59.6 Å². The van der Waals surface area contributed by atoms with Crippen molar-refractivity contribution in [2.45, 2.75) is 23.6 Å². The molecule has 0 saturated heterocycles. The first-order chi connectivity index (χ1) is 14.7. The van der Waals surface area contributed by atoms with Gasteiger partial charge in [0.05, 0.1) is 16.8 Å². The molecular formula is C21H12F6N2OS. The minimum Gasteiger partial charge on any atom is -0.435 e. The Balaban J connectivity index is 2.00. The maximum Gasteiger partial charge on any atom is 0.417 e. The fourth-order valence-electron chi connectivity index (χ4n) is 2.65. The van der Waals surface area contributed by atoms with Crippen molar-refractivity contribution >= 4 is 11.8 Å². The van der Waals surface area contributed by atoms with E-state index >= 15 is 0 Å². The van der Waals surface area contributed by atoms with Crippen molar-refractivity contribution in [3.05, 3.63) is 77.1 Å². The average molecular weight is 454 g/mol. The summed E-state index contributed by atoms with van der Waals surface area (Å²) in [6.45, 7) is -3.04. The van der Waals surface area contributed by atoms with Gasteiger partial charge in [0.1, 0.15) is 22.7 Å². The van der Waals surface area contributed by atoms with Gasteiger partial charge < -0.3 is 4.74 Å². The lowest BCUT2D eigenvalue weighted by atomic mass is 10.1. The van der Waals surface area contributed by atoms with E-state index in [4.69, 9.17) is 0 Å². The van der Waals surface area contributed by atoms with E-state index in [-0.39, 0.29) is 27.8 Å². The van der Waals surface area contributed by atoms with E-state index in [0.717, 1.165) is 17.8 Å². The van der Waals surface area contributed by atoms with Crippen LogP contribution in [0, 0.1) is 17.1 Å². The van der Waals surface area contributed by atoms with Crippen LogP contribution in [-0.4, -0.2) is 11.6 Å². The molecule has 0 aliphatic rings. The molecule has 1 aromatic heterocycles. The first-order valence-electron chi connectivity index (χ1n) is 8.62. The SMILES string of the molecule is N#Cc1c(C(F)(F)F)cc(-c2ccc(OC(F)F)cc2)nc1SCc1ccc(F)cc1. The first kappa shape index (κ1) is 22.5. The number of rotatable bonds is 6. The van der Waals surface area contributed by atoms with Crippen LogP contribution in [0.5, 0.6) is 5.75 Å². The molecule has 160 valence electrons. The van der Waals surface area contributed by atoms with Gasteiger partial charge in [-0.25, -0.2) is 9.37 Å². The normalized spacial score (nSPS) is 11.4. The Morgan fingerprint density at radius 3 is 2.23 bits per heavy atom. The molecule has 3 aromatic rings. The van der Waals surface area contributed by atoms with Gasteiger partial charge in [0.2, 0.25) is 0 Å². The van der Waals surface area contributed by atoms with E-state index in [0.29, 0.717) is 5.56 Å². The molecule has 0 saturated carbocycles. The van der Waals surface area contributed by atoms with E-state index in [1.54, 1.807) is 6.07 Å². The second-order valence-corrected chi connectivity index (χ2v) is 7.13. The molecule has 0 amide bonds. The molecule has 1 heterocycles. The van der Waals surface area contributed by atoms with Crippen LogP contribution < -0.4 is 4.74 Å². The van der Waals surface area contributed by atoms with Crippen LogP contribution in [0.4, 0.5) is 26.3 Å². The third-order valence-electron chi connectivity index (χ3n) is 4.07. The zero-order chi connectivity index (χ0) is 22.6. The second kappa shape index (κ2) is 9.31. The fraction of sp³-hybridized carbons (Fsp3) is 0.143. The average Bonchev–Trinajstić information content (AvgIpc) is 2.72. The number of alkyl halides is 5. The van der Waals surface area contributed by atoms with E-state index in [1.165, 1.54) is 48.5 Å². The Hall–Kier alpha value is -3.19. The summed E-state index contributed by atoms with van der Waals surface area (Å²) in [5.74, 6) is -0.455. The zero-order valence-corrected chi connectivity index (χ0v) is 16.3. The number of thioether (sulfide) groups is 1. The first-order valence-corrected chi connectivity index (χ1v) is 9.61. The predicted octanol–water partition coefficient (Wildman–Crippen LogP) is 6.67. The molecule has 10 heteroatoms. The van der Waals surface area contributed by atoms with E-state index < -0.39 is 29.7 Å². The molecule has 0 aliphatic carbocycles. The molecule has 31 heavy (non-hydrogen) atoms. The van der Waals surface area contributed by atoms with Gasteiger partial charge in [-0.2, -0.15) is 27.2 Å². The Morgan fingerprint density at radius 2 is 1.68 bits per heavy atom. The van der Waals surface area contributed by atoms with Gasteiger partial charge in [-0.05, 0) is 48.0 Å². The van der Waals surface area contributed by atoms with Crippen LogP contribution in [0.2, 0.25) is 0 Å². The molecule has 0 atom stereocenters. The largest absolute Gasteiger partial charge is 0.435 e. The van der Waals surface area contributed by atoms with Gasteiger partial charge in [-0.1, -0.05) is 12.1 Å². The predicted molar refractivity (Wildman–Crippen MR) is 102 cm³/mol. The molecule has 0 aliphatic heterocycles. The molecule has 3 rings (SSSR count). The van der Waals surface area contributed by atoms with Crippen molar-refractivity contribution < 1.29 is 31.1 Å². The highest BCUT2D eigenvalue weighted by atomic mass is 32.2. The van der Waals surface area contributed by atoms with E-state index in [2.05, 4.69) is 9.72 Å². The highest BCUT2D eigenvalue weighted by Crippen LogP contribution is 2.38. The lowest BCUT2D eigenvalue weighted by molar-refractivity contribution is -0.138. The van der Waals surface area contributed by atoms with E-state index in [9.17, 15) is 31.6 Å². The number of hydrogen-bond donors (Lipinski definition) is 0. The van der Waals surface area contributed by atoms with Crippen LogP contribution in [0.1, 0.15) is 16.7 Å². The van der Waals surface area contributed by atoms with Gasteiger partial charge in [0.15, 0.2) is 0 Å².